The van der Waals surface area contributed by atoms with Gasteiger partial charge in [0.2, 0.25) is 5.91 Å². The van der Waals surface area contributed by atoms with Crippen molar-refractivity contribution in [1.82, 2.24) is 15.3 Å². The van der Waals surface area contributed by atoms with Crippen LogP contribution in [0.2, 0.25) is 0 Å². The van der Waals surface area contributed by atoms with E-state index in [2.05, 4.69) is 15.4 Å². The van der Waals surface area contributed by atoms with Gasteiger partial charge in [0.1, 0.15) is 5.71 Å². The number of hydrogen-bond donors (Lipinski definition) is 1. The lowest BCUT2D eigenvalue weighted by atomic mass is 10.1. The first kappa shape index (κ1) is 15.9. The first-order chi connectivity index (χ1) is 11.7. The van der Waals surface area contributed by atoms with Gasteiger partial charge >= 0.3 is 0 Å². The molecule has 0 saturated heterocycles. The predicted octanol–water partition coefficient (Wildman–Crippen LogP) is 1.88. The Morgan fingerprint density at radius 3 is 2.54 bits per heavy atom. The Labute approximate surface area is 140 Å². The number of pyridine rings is 1. The quantitative estimate of drug-likeness (QED) is 0.913. The third kappa shape index (κ3) is 4.04. The molecule has 6 heteroatoms. The summed E-state index contributed by atoms with van der Waals surface area (Å²) in [7, 11) is 0. The van der Waals surface area contributed by atoms with Crippen molar-refractivity contribution in [2.75, 3.05) is 0 Å². The lowest BCUT2D eigenvalue weighted by molar-refractivity contribution is -0.132. The summed E-state index contributed by atoms with van der Waals surface area (Å²) in [5.41, 5.74) is 2.33. The average Bonchev–Trinajstić information content (AvgIpc) is 2.63. The normalized spacial score (nSPS) is 14.2. The number of carbonyl (C=O) groups excluding carboxylic acids is 2. The Kier molecular flexibility index (Phi) is 4.96. The Morgan fingerprint density at radius 1 is 1.04 bits per heavy atom. The monoisotopic (exact) mass is 322 g/mol. The molecule has 1 aliphatic heterocycles. The van der Waals surface area contributed by atoms with Crippen molar-refractivity contribution in [3.63, 3.8) is 0 Å². The van der Waals surface area contributed by atoms with Crippen LogP contribution in [0, 0.1) is 0 Å². The fourth-order valence-corrected chi connectivity index (χ4v) is 2.43. The largest absolute Gasteiger partial charge is 0.347 e. The van der Waals surface area contributed by atoms with Crippen LogP contribution in [0.15, 0.2) is 60.0 Å². The summed E-state index contributed by atoms with van der Waals surface area (Å²) in [5.74, 6) is -0.304. The second-order valence-corrected chi connectivity index (χ2v) is 5.52. The van der Waals surface area contributed by atoms with Crippen LogP contribution < -0.4 is 5.32 Å². The SMILES string of the molecule is O=C(NCc1ccncc1)C1=NN(Cc2ccccc2)C(=O)CC1. The fraction of sp³-hybridized carbons (Fsp3) is 0.222. The van der Waals surface area contributed by atoms with Gasteiger partial charge in [-0.05, 0) is 23.3 Å². The Hall–Kier alpha value is -3.02. The third-order valence-electron chi connectivity index (χ3n) is 3.74. The predicted molar refractivity (Wildman–Crippen MR) is 89.7 cm³/mol. The van der Waals surface area contributed by atoms with Crippen LogP contribution >= 0.6 is 0 Å². The Morgan fingerprint density at radius 2 is 1.79 bits per heavy atom. The molecule has 0 fully saturated rings. The van der Waals surface area contributed by atoms with Gasteiger partial charge in [-0.2, -0.15) is 5.10 Å². The highest BCUT2D eigenvalue weighted by Crippen LogP contribution is 2.13. The fourth-order valence-electron chi connectivity index (χ4n) is 2.43. The molecule has 0 unspecified atom stereocenters. The van der Waals surface area contributed by atoms with Crippen molar-refractivity contribution in [2.24, 2.45) is 5.10 Å². The van der Waals surface area contributed by atoms with E-state index in [0.717, 1.165) is 11.1 Å². The number of hydrogen-bond acceptors (Lipinski definition) is 4. The summed E-state index contributed by atoms with van der Waals surface area (Å²) >= 11 is 0. The summed E-state index contributed by atoms with van der Waals surface area (Å²) in [4.78, 5) is 28.2. The molecule has 24 heavy (non-hydrogen) atoms. The number of nitrogens with zero attached hydrogens (tertiary/aromatic N) is 3. The van der Waals surface area contributed by atoms with E-state index in [1.165, 1.54) is 5.01 Å². The Balaban J connectivity index is 1.64. The van der Waals surface area contributed by atoms with Gasteiger partial charge < -0.3 is 5.32 Å². The molecule has 1 aliphatic rings. The van der Waals surface area contributed by atoms with Crippen LogP contribution in [0.3, 0.4) is 0 Å². The number of hydrazone groups is 1. The molecular formula is C18H18N4O2. The highest BCUT2D eigenvalue weighted by Gasteiger charge is 2.24. The number of nitrogens with one attached hydrogen (secondary N) is 1. The van der Waals surface area contributed by atoms with Gasteiger partial charge in [-0.1, -0.05) is 30.3 Å². The van der Waals surface area contributed by atoms with E-state index in [1.807, 2.05) is 42.5 Å². The lowest BCUT2D eigenvalue weighted by Crippen LogP contribution is -2.38. The molecule has 0 spiro atoms. The molecule has 0 radical (unpaired) electrons. The maximum atomic E-state index is 12.3. The van der Waals surface area contributed by atoms with Crippen molar-refractivity contribution in [1.29, 1.82) is 0 Å². The number of carbonyl (C=O) groups is 2. The molecule has 6 nitrogen and oxygen atoms in total. The van der Waals surface area contributed by atoms with E-state index in [4.69, 9.17) is 0 Å². The van der Waals surface area contributed by atoms with Crippen LogP contribution in [0.5, 0.6) is 0 Å². The molecule has 1 aromatic carbocycles. The van der Waals surface area contributed by atoms with E-state index in [9.17, 15) is 9.59 Å². The van der Waals surface area contributed by atoms with Crippen molar-refractivity contribution in [3.8, 4) is 0 Å². The molecule has 2 heterocycles. The third-order valence-corrected chi connectivity index (χ3v) is 3.74. The number of aromatic nitrogens is 1. The zero-order valence-corrected chi connectivity index (χ0v) is 13.2. The lowest BCUT2D eigenvalue weighted by Gasteiger charge is -2.23. The average molecular weight is 322 g/mol. The number of rotatable bonds is 5. The summed E-state index contributed by atoms with van der Waals surface area (Å²) in [6.45, 7) is 0.786. The van der Waals surface area contributed by atoms with Gasteiger partial charge in [-0.15, -0.1) is 0 Å². The molecule has 122 valence electrons. The number of amides is 2. The first-order valence-corrected chi connectivity index (χ1v) is 7.81. The molecule has 0 saturated carbocycles. The highest BCUT2D eigenvalue weighted by atomic mass is 16.2. The van der Waals surface area contributed by atoms with Gasteiger partial charge in [0.25, 0.3) is 5.91 Å². The van der Waals surface area contributed by atoms with Gasteiger partial charge in [-0.3, -0.25) is 14.6 Å². The minimum absolute atomic E-state index is 0.0652. The molecule has 0 bridgehead atoms. The molecule has 0 atom stereocenters. The van der Waals surface area contributed by atoms with E-state index >= 15 is 0 Å². The van der Waals surface area contributed by atoms with E-state index in [0.29, 0.717) is 31.6 Å². The molecule has 1 N–H and O–H groups in total. The maximum absolute atomic E-state index is 12.3. The van der Waals surface area contributed by atoms with Gasteiger partial charge in [0, 0.05) is 31.8 Å². The van der Waals surface area contributed by atoms with Gasteiger partial charge in [0.15, 0.2) is 0 Å². The van der Waals surface area contributed by atoms with Crippen molar-refractivity contribution in [2.45, 2.75) is 25.9 Å². The highest BCUT2D eigenvalue weighted by molar-refractivity contribution is 6.39. The summed E-state index contributed by atoms with van der Waals surface area (Å²) in [5, 5.41) is 8.45. The second-order valence-electron chi connectivity index (χ2n) is 5.52. The van der Waals surface area contributed by atoms with Crippen LogP contribution in [0.4, 0.5) is 0 Å². The zero-order chi connectivity index (χ0) is 16.8. The molecule has 1 aromatic heterocycles. The molecule has 2 amide bonds. The van der Waals surface area contributed by atoms with Crippen LogP contribution in [0.1, 0.15) is 24.0 Å². The molecule has 2 aromatic rings. The first-order valence-electron chi connectivity index (χ1n) is 7.81. The maximum Gasteiger partial charge on any atom is 0.267 e. The molecule has 3 rings (SSSR count). The number of benzene rings is 1. The molecular weight excluding hydrogens is 304 g/mol. The van der Waals surface area contributed by atoms with Gasteiger partial charge in [0.05, 0.1) is 6.54 Å². The van der Waals surface area contributed by atoms with Crippen LogP contribution in [-0.4, -0.2) is 27.5 Å². The topological polar surface area (TPSA) is 74.7 Å². The van der Waals surface area contributed by atoms with Gasteiger partial charge in [-0.25, -0.2) is 5.01 Å². The molecule has 0 aliphatic carbocycles. The van der Waals surface area contributed by atoms with E-state index in [-0.39, 0.29) is 11.8 Å². The minimum Gasteiger partial charge on any atom is -0.347 e. The summed E-state index contributed by atoms with van der Waals surface area (Å²) in [6.07, 6.45) is 4.03. The summed E-state index contributed by atoms with van der Waals surface area (Å²) < 4.78 is 0. The minimum atomic E-state index is -0.239. The zero-order valence-electron chi connectivity index (χ0n) is 13.2. The summed E-state index contributed by atoms with van der Waals surface area (Å²) in [6, 6.07) is 13.3. The standard InChI is InChI=1S/C18H18N4O2/c23-17-7-6-16(18(24)20-12-14-8-10-19-11-9-14)21-22(17)13-15-4-2-1-3-5-15/h1-5,8-11H,6-7,12-13H2,(H,20,24). The van der Waals surface area contributed by atoms with Crippen molar-refractivity contribution in [3.05, 3.63) is 66.0 Å². The van der Waals surface area contributed by atoms with Crippen LogP contribution in [0.25, 0.3) is 0 Å². The second kappa shape index (κ2) is 7.50. The van der Waals surface area contributed by atoms with Crippen LogP contribution in [-0.2, 0) is 22.7 Å². The van der Waals surface area contributed by atoms with E-state index in [1.54, 1.807) is 12.4 Å². The van der Waals surface area contributed by atoms with Crippen molar-refractivity contribution >= 4 is 17.5 Å². The van der Waals surface area contributed by atoms with E-state index < -0.39 is 0 Å². The smallest absolute Gasteiger partial charge is 0.267 e. The van der Waals surface area contributed by atoms with Crippen molar-refractivity contribution < 1.29 is 9.59 Å². The Bertz CT molecular complexity index is 744.